The standard InChI is InChI=1S/C11H8N2O2/c1-15-11(14)8-6-13-9-4-2-3-7(5-12)10(8)9/h2-4,6,13H,1H3. The van der Waals surface area contributed by atoms with E-state index in [1.165, 1.54) is 7.11 Å². The molecule has 0 saturated carbocycles. The lowest BCUT2D eigenvalue weighted by Crippen LogP contribution is -2.00. The minimum Gasteiger partial charge on any atom is -0.465 e. The van der Waals surface area contributed by atoms with E-state index in [4.69, 9.17) is 5.26 Å². The Morgan fingerprint density at radius 2 is 2.33 bits per heavy atom. The molecule has 0 fully saturated rings. The number of fused-ring (bicyclic) bond motifs is 1. The lowest BCUT2D eigenvalue weighted by atomic mass is 10.1. The fourth-order valence-corrected chi connectivity index (χ4v) is 1.55. The number of rotatable bonds is 1. The third-order valence-corrected chi connectivity index (χ3v) is 2.23. The van der Waals surface area contributed by atoms with Crippen molar-refractivity contribution in [2.45, 2.75) is 0 Å². The molecule has 0 unspecified atom stereocenters. The zero-order chi connectivity index (χ0) is 10.8. The molecule has 2 rings (SSSR count). The van der Waals surface area contributed by atoms with Gasteiger partial charge in [0.05, 0.1) is 24.3 Å². The van der Waals surface area contributed by atoms with Crippen molar-refractivity contribution in [3.8, 4) is 6.07 Å². The number of esters is 1. The van der Waals surface area contributed by atoms with Crippen molar-refractivity contribution in [2.24, 2.45) is 0 Å². The minimum absolute atomic E-state index is 0.393. The van der Waals surface area contributed by atoms with E-state index in [0.717, 1.165) is 5.52 Å². The number of carbonyl (C=O) groups excluding carboxylic acids is 1. The summed E-state index contributed by atoms with van der Waals surface area (Å²) in [7, 11) is 1.32. The van der Waals surface area contributed by atoms with Gasteiger partial charge in [0.15, 0.2) is 0 Å². The molecule has 4 heteroatoms. The average Bonchev–Trinajstić information content (AvgIpc) is 2.71. The molecule has 15 heavy (non-hydrogen) atoms. The second-order valence-electron chi connectivity index (χ2n) is 3.03. The van der Waals surface area contributed by atoms with Crippen LogP contribution >= 0.6 is 0 Å². The van der Waals surface area contributed by atoms with Gasteiger partial charge in [-0.2, -0.15) is 5.26 Å². The molecule has 0 aliphatic carbocycles. The second-order valence-corrected chi connectivity index (χ2v) is 3.03. The minimum atomic E-state index is -0.441. The number of aromatic nitrogens is 1. The summed E-state index contributed by atoms with van der Waals surface area (Å²) in [6.07, 6.45) is 1.55. The van der Waals surface area contributed by atoms with Crippen LogP contribution in [0.4, 0.5) is 0 Å². The average molecular weight is 200 g/mol. The number of H-pyrrole nitrogens is 1. The zero-order valence-electron chi connectivity index (χ0n) is 8.07. The van der Waals surface area contributed by atoms with Gasteiger partial charge < -0.3 is 9.72 Å². The Labute approximate surface area is 86.1 Å². The van der Waals surface area contributed by atoms with Gasteiger partial charge in [-0.15, -0.1) is 0 Å². The van der Waals surface area contributed by atoms with Gasteiger partial charge in [-0.05, 0) is 12.1 Å². The number of nitriles is 1. The molecule has 74 valence electrons. The lowest BCUT2D eigenvalue weighted by molar-refractivity contribution is 0.0603. The third kappa shape index (κ3) is 1.34. The smallest absolute Gasteiger partial charge is 0.340 e. The number of ether oxygens (including phenoxy) is 1. The Morgan fingerprint density at radius 1 is 1.53 bits per heavy atom. The van der Waals surface area contributed by atoms with E-state index < -0.39 is 5.97 Å². The van der Waals surface area contributed by atoms with E-state index in [9.17, 15) is 4.79 Å². The van der Waals surface area contributed by atoms with Crippen LogP contribution in [-0.2, 0) is 4.74 Å². The van der Waals surface area contributed by atoms with Crippen molar-refractivity contribution in [1.82, 2.24) is 4.98 Å². The summed E-state index contributed by atoms with van der Waals surface area (Å²) in [5, 5.41) is 9.53. The number of hydrogen-bond acceptors (Lipinski definition) is 3. The van der Waals surface area contributed by atoms with Crippen LogP contribution in [-0.4, -0.2) is 18.1 Å². The molecule has 1 heterocycles. The number of aromatic amines is 1. The molecule has 0 aliphatic rings. The zero-order valence-corrected chi connectivity index (χ0v) is 8.07. The topological polar surface area (TPSA) is 65.9 Å². The predicted octanol–water partition coefficient (Wildman–Crippen LogP) is 1.83. The van der Waals surface area contributed by atoms with Crippen LogP contribution in [0.5, 0.6) is 0 Å². The molecule has 1 N–H and O–H groups in total. The van der Waals surface area contributed by atoms with Crippen molar-refractivity contribution in [3.63, 3.8) is 0 Å². The van der Waals surface area contributed by atoms with E-state index in [-0.39, 0.29) is 0 Å². The summed E-state index contributed by atoms with van der Waals surface area (Å²) in [5.41, 5.74) is 1.62. The van der Waals surface area contributed by atoms with Crippen LogP contribution in [0.1, 0.15) is 15.9 Å². The maximum atomic E-state index is 11.4. The number of hydrogen-bond donors (Lipinski definition) is 1. The lowest BCUT2D eigenvalue weighted by Gasteiger charge is -1.97. The molecule has 0 bridgehead atoms. The van der Waals surface area contributed by atoms with Crippen LogP contribution < -0.4 is 0 Å². The van der Waals surface area contributed by atoms with Crippen molar-refractivity contribution >= 4 is 16.9 Å². The quantitative estimate of drug-likeness (QED) is 0.714. The monoisotopic (exact) mass is 200 g/mol. The Kier molecular flexibility index (Phi) is 2.14. The number of carbonyl (C=O) groups is 1. The van der Waals surface area contributed by atoms with Gasteiger partial charge in [0, 0.05) is 17.1 Å². The Balaban J connectivity index is 2.78. The van der Waals surface area contributed by atoms with Gasteiger partial charge in [-0.1, -0.05) is 6.07 Å². The molecular formula is C11H8N2O2. The molecule has 4 nitrogen and oxygen atoms in total. The van der Waals surface area contributed by atoms with Crippen LogP contribution in [0.3, 0.4) is 0 Å². The second kappa shape index (κ2) is 3.46. The normalized spacial score (nSPS) is 9.87. The molecule has 0 amide bonds. The highest BCUT2D eigenvalue weighted by atomic mass is 16.5. The van der Waals surface area contributed by atoms with Crippen LogP contribution in [0, 0.1) is 11.3 Å². The van der Waals surface area contributed by atoms with Crippen LogP contribution in [0.2, 0.25) is 0 Å². The van der Waals surface area contributed by atoms with Crippen LogP contribution in [0.25, 0.3) is 10.9 Å². The molecule has 1 aromatic carbocycles. The maximum Gasteiger partial charge on any atom is 0.340 e. The summed E-state index contributed by atoms with van der Waals surface area (Å²) in [6.45, 7) is 0. The fraction of sp³-hybridized carbons (Fsp3) is 0.0909. The van der Waals surface area contributed by atoms with Gasteiger partial charge in [0.2, 0.25) is 0 Å². The summed E-state index contributed by atoms with van der Waals surface area (Å²) < 4.78 is 4.63. The van der Waals surface area contributed by atoms with Crippen molar-refractivity contribution < 1.29 is 9.53 Å². The van der Waals surface area contributed by atoms with Gasteiger partial charge in [0.1, 0.15) is 0 Å². The predicted molar refractivity (Wildman–Crippen MR) is 54.4 cm³/mol. The summed E-state index contributed by atoms with van der Waals surface area (Å²) in [6, 6.07) is 7.29. The van der Waals surface area contributed by atoms with E-state index in [0.29, 0.717) is 16.5 Å². The maximum absolute atomic E-state index is 11.4. The van der Waals surface area contributed by atoms with Gasteiger partial charge in [0.25, 0.3) is 0 Å². The van der Waals surface area contributed by atoms with E-state index in [1.54, 1.807) is 18.3 Å². The molecule has 2 aromatic rings. The van der Waals surface area contributed by atoms with E-state index in [2.05, 4.69) is 9.72 Å². The summed E-state index contributed by atoms with van der Waals surface area (Å²) >= 11 is 0. The highest BCUT2D eigenvalue weighted by Crippen LogP contribution is 2.22. The fourth-order valence-electron chi connectivity index (χ4n) is 1.55. The SMILES string of the molecule is COC(=O)c1c[nH]c2cccc(C#N)c12. The van der Waals surface area contributed by atoms with Crippen LogP contribution in [0.15, 0.2) is 24.4 Å². The molecular weight excluding hydrogens is 192 g/mol. The van der Waals surface area contributed by atoms with E-state index in [1.807, 2.05) is 12.1 Å². The highest BCUT2D eigenvalue weighted by molar-refractivity contribution is 6.06. The first kappa shape index (κ1) is 9.28. The Morgan fingerprint density at radius 3 is 3.00 bits per heavy atom. The van der Waals surface area contributed by atoms with Crippen molar-refractivity contribution in [3.05, 3.63) is 35.5 Å². The number of methoxy groups -OCH3 is 1. The molecule has 0 atom stereocenters. The Hall–Kier alpha value is -2.28. The Bertz CT molecular complexity index is 563. The van der Waals surface area contributed by atoms with E-state index >= 15 is 0 Å². The van der Waals surface area contributed by atoms with Gasteiger partial charge in [-0.3, -0.25) is 0 Å². The highest BCUT2D eigenvalue weighted by Gasteiger charge is 2.14. The van der Waals surface area contributed by atoms with Gasteiger partial charge in [-0.25, -0.2) is 4.79 Å². The summed E-state index contributed by atoms with van der Waals surface area (Å²) in [4.78, 5) is 14.3. The van der Waals surface area contributed by atoms with Crippen molar-refractivity contribution in [1.29, 1.82) is 5.26 Å². The van der Waals surface area contributed by atoms with Crippen molar-refractivity contribution in [2.75, 3.05) is 7.11 Å². The molecule has 0 spiro atoms. The summed E-state index contributed by atoms with van der Waals surface area (Å²) in [5.74, 6) is -0.441. The molecule has 0 radical (unpaired) electrons. The number of nitrogens with zero attached hydrogens (tertiary/aromatic N) is 1. The third-order valence-electron chi connectivity index (χ3n) is 2.23. The molecule has 1 aromatic heterocycles. The number of benzene rings is 1. The molecule has 0 saturated heterocycles. The first-order valence-corrected chi connectivity index (χ1v) is 4.36. The van der Waals surface area contributed by atoms with Gasteiger partial charge >= 0.3 is 5.97 Å². The largest absolute Gasteiger partial charge is 0.465 e. The first-order valence-electron chi connectivity index (χ1n) is 4.36. The molecule has 0 aliphatic heterocycles. The number of nitrogens with one attached hydrogen (secondary N) is 1. The first-order chi connectivity index (χ1) is 7.27.